The number of rotatable bonds is 9. The van der Waals surface area contributed by atoms with Crippen molar-refractivity contribution in [2.45, 2.75) is 55.1 Å². The van der Waals surface area contributed by atoms with E-state index in [1.807, 2.05) is 9.97 Å². The quantitative estimate of drug-likeness (QED) is 0.0971. The zero-order chi connectivity index (χ0) is 29.6. The lowest BCUT2D eigenvalue weighted by Crippen LogP contribution is -2.52. The van der Waals surface area contributed by atoms with Gasteiger partial charge in [0.05, 0.1) is 6.61 Å². The zero-order valence-corrected chi connectivity index (χ0v) is 22.0. The highest BCUT2D eigenvalue weighted by molar-refractivity contribution is 8.07. The van der Waals surface area contributed by atoms with Crippen molar-refractivity contribution in [1.29, 1.82) is 0 Å². The number of aromatic nitrogens is 4. The summed E-state index contributed by atoms with van der Waals surface area (Å²) in [5.41, 5.74) is -3.46. The van der Waals surface area contributed by atoms with Gasteiger partial charge in [-0.1, -0.05) is 0 Å². The molecule has 19 nitrogen and oxygen atoms in total. The normalized spacial score (nSPS) is 34.5. The molecule has 0 amide bonds. The Morgan fingerprint density at radius 2 is 1.60 bits per heavy atom. The molecule has 0 aromatic carbocycles. The number of aliphatic hydroxyl groups is 5. The molecule has 2 aliphatic rings. The van der Waals surface area contributed by atoms with Crippen molar-refractivity contribution in [3.8, 4) is 0 Å². The van der Waals surface area contributed by atoms with Crippen LogP contribution in [0, 0.1) is 0 Å². The zero-order valence-electron chi connectivity index (χ0n) is 20.2. The molecule has 8 N–H and O–H groups in total. The van der Waals surface area contributed by atoms with E-state index in [0.29, 0.717) is 0 Å². The van der Waals surface area contributed by atoms with E-state index in [1.54, 1.807) is 0 Å². The minimum Gasteiger partial charge on any atom is -0.393 e. The lowest BCUT2D eigenvalue weighted by molar-refractivity contribution is -0.233. The van der Waals surface area contributed by atoms with Crippen LogP contribution in [-0.2, 0) is 35.1 Å². The number of hydrogen-bond acceptors (Lipinski definition) is 15. The summed E-state index contributed by atoms with van der Waals surface area (Å²) < 4.78 is 27.7. The predicted octanol–water partition coefficient (Wildman–Crippen LogP) is -5.13. The number of H-pyrrole nitrogens is 2. The number of hydrogen-bond donors (Lipinski definition) is 8. The Bertz CT molecular complexity index is 1510. The van der Waals surface area contributed by atoms with Crippen molar-refractivity contribution in [2.24, 2.45) is 0 Å². The molecule has 0 radical (unpaired) electrons. The van der Waals surface area contributed by atoms with E-state index < -0.39 is 90.9 Å². The molecule has 2 fully saturated rings. The molecular formula is C19H25N4O15PS. The van der Waals surface area contributed by atoms with Crippen LogP contribution in [0.15, 0.2) is 43.7 Å². The fourth-order valence-corrected chi connectivity index (χ4v) is 5.96. The molecule has 0 bridgehead atoms. The van der Waals surface area contributed by atoms with Crippen molar-refractivity contribution >= 4 is 18.5 Å². The minimum atomic E-state index is -4.78. The number of aliphatic hydroxyl groups excluding tert-OH is 4. The van der Waals surface area contributed by atoms with Crippen LogP contribution in [-0.4, -0.2) is 106 Å². The maximum Gasteiger partial charge on any atom is 0.330 e. The van der Waals surface area contributed by atoms with E-state index in [4.69, 9.17) is 35.1 Å². The fourth-order valence-electron chi connectivity index (χ4n) is 4.32. The highest BCUT2D eigenvalue weighted by Gasteiger charge is 2.61. The Balaban J connectivity index is 1.54. The Hall–Kier alpha value is -2.43. The van der Waals surface area contributed by atoms with E-state index >= 15 is 0 Å². The van der Waals surface area contributed by atoms with Gasteiger partial charge in [0.15, 0.2) is 24.8 Å². The smallest absolute Gasteiger partial charge is 0.330 e. The van der Waals surface area contributed by atoms with Gasteiger partial charge in [0.2, 0.25) is 5.79 Å². The third kappa shape index (κ3) is 5.67. The molecular weight excluding hydrogens is 587 g/mol. The van der Waals surface area contributed by atoms with Crippen LogP contribution in [0.3, 0.4) is 0 Å². The van der Waals surface area contributed by atoms with Crippen LogP contribution in [0.4, 0.5) is 0 Å². The largest absolute Gasteiger partial charge is 0.393 e. The van der Waals surface area contributed by atoms with E-state index in [9.17, 15) is 49.6 Å². The number of methoxy groups -OCH3 is 1. The van der Waals surface area contributed by atoms with E-state index in [0.717, 1.165) is 40.8 Å². The molecule has 0 aliphatic carbocycles. The van der Waals surface area contributed by atoms with E-state index in [2.05, 4.69) is 0 Å². The van der Waals surface area contributed by atoms with Crippen LogP contribution in [0.2, 0.25) is 0 Å². The summed E-state index contributed by atoms with van der Waals surface area (Å²) in [6.45, 7) is -5.74. The molecule has 2 aromatic rings. The molecule has 222 valence electrons. The van der Waals surface area contributed by atoms with Crippen molar-refractivity contribution in [3.63, 3.8) is 0 Å². The molecule has 21 heteroatoms. The summed E-state index contributed by atoms with van der Waals surface area (Å²) in [6.07, 6.45) is -12.5. The molecule has 0 spiro atoms. The Kier molecular flexibility index (Phi) is 8.74. The first-order valence-corrected chi connectivity index (χ1v) is 13.9. The van der Waals surface area contributed by atoms with Gasteiger partial charge in [-0.3, -0.25) is 37.7 Å². The second kappa shape index (κ2) is 11.4. The molecule has 2 saturated heterocycles. The van der Waals surface area contributed by atoms with Crippen LogP contribution in [0.25, 0.3) is 0 Å². The van der Waals surface area contributed by atoms with Gasteiger partial charge in [-0.25, -0.2) is 9.59 Å². The highest BCUT2D eigenvalue weighted by atomic mass is 32.5. The molecule has 10 atom stereocenters. The first-order valence-electron chi connectivity index (χ1n) is 11.3. The Labute approximate surface area is 226 Å². The second-order valence-electron chi connectivity index (χ2n) is 8.67. The number of nitrogens with one attached hydrogen (secondary N) is 2. The lowest BCUT2D eigenvalue weighted by atomic mass is 10.1. The number of ether oxygens (including phenoxy) is 3. The molecule has 2 aliphatic heterocycles. The van der Waals surface area contributed by atoms with Crippen molar-refractivity contribution in [1.82, 2.24) is 19.1 Å². The van der Waals surface area contributed by atoms with Gasteiger partial charge in [-0.05, 0) is 11.8 Å². The van der Waals surface area contributed by atoms with Crippen molar-refractivity contribution in [2.75, 3.05) is 13.7 Å². The van der Waals surface area contributed by atoms with Gasteiger partial charge in [0.25, 0.3) is 11.1 Å². The van der Waals surface area contributed by atoms with Crippen LogP contribution >= 0.6 is 6.72 Å². The fraction of sp³-hybridized carbons (Fsp3) is 0.579. The monoisotopic (exact) mass is 612 g/mol. The number of aromatic amines is 2. The maximum absolute atomic E-state index is 12.3. The van der Waals surface area contributed by atoms with Crippen LogP contribution < -0.4 is 22.5 Å². The standard InChI is InChI=1S/C19H25N4O15PS/c1-34-13-15(23-5-3-9(26)21-18(23)31)35-7(6-24)19(13,32)38-39(33,40)37-16(29)12-10(27)11(28)14(36-12)22-4-2-8(25)20-17(22)30/h2-5,7,10-16,24,27-29,32H,6H2,1H3,(H,33,40)(H,20,25,30)(H,21,26,31)/t7-,10?,11?,12+,13?,14-,15-,16?,19?,39?/m0/s1. The van der Waals surface area contributed by atoms with Gasteiger partial charge in [-0.15, -0.1) is 0 Å². The predicted molar refractivity (Wildman–Crippen MR) is 130 cm³/mol. The first kappa shape index (κ1) is 30.5. The molecule has 4 heterocycles. The topological polar surface area (TPSA) is 277 Å². The van der Waals surface area contributed by atoms with Gasteiger partial charge in [-0.2, -0.15) is 0 Å². The summed E-state index contributed by atoms with van der Waals surface area (Å²) in [4.78, 5) is 61.7. The SMILES string of the molecule is COC1[C@@H](n2ccc(=O)[nH]c2=O)O[C@@H](CO)C1(O)OP(O)(=S)OC(O)[C@@H]1O[C@H](n2ccc(=O)[nH]c2=O)C(O)C1O. The molecule has 2 aromatic heterocycles. The Morgan fingerprint density at radius 1 is 1.05 bits per heavy atom. The highest BCUT2D eigenvalue weighted by Crippen LogP contribution is 2.54. The van der Waals surface area contributed by atoms with Crippen LogP contribution in [0.5, 0.6) is 0 Å². The molecule has 0 saturated carbocycles. The molecule has 40 heavy (non-hydrogen) atoms. The third-order valence-electron chi connectivity index (χ3n) is 6.16. The average Bonchev–Trinajstić information content (AvgIpc) is 3.30. The summed E-state index contributed by atoms with van der Waals surface area (Å²) in [5.74, 6) is -2.81. The average molecular weight is 612 g/mol. The maximum atomic E-state index is 12.3. The van der Waals surface area contributed by atoms with Gasteiger partial charge in [0, 0.05) is 31.6 Å². The Morgan fingerprint density at radius 3 is 2.10 bits per heavy atom. The van der Waals surface area contributed by atoms with Gasteiger partial charge >= 0.3 is 18.1 Å². The van der Waals surface area contributed by atoms with Gasteiger partial charge in [0.1, 0.15) is 24.4 Å². The second-order valence-corrected chi connectivity index (χ2v) is 11.4. The van der Waals surface area contributed by atoms with Crippen molar-refractivity contribution < 1.29 is 53.7 Å². The molecule has 6 unspecified atom stereocenters. The van der Waals surface area contributed by atoms with E-state index in [-0.39, 0.29) is 0 Å². The summed E-state index contributed by atoms with van der Waals surface area (Å²) in [7, 11) is 1.06. The van der Waals surface area contributed by atoms with Crippen LogP contribution in [0.1, 0.15) is 12.5 Å². The third-order valence-corrected chi connectivity index (χ3v) is 7.65. The van der Waals surface area contributed by atoms with Gasteiger partial charge < -0.3 is 44.6 Å². The molecule has 4 rings (SSSR count). The van der Waals surface area contributed by atoms with Crippen molar-refractivity contribution in [3.05, 3.63) is 66.2 Å². The summed E-state index contributed by atoms with van der Waals surface area (Å²) in [5, 5.41) is 52.3. The number of nitrogens with zero attached hydrogens (tertiary/aromatic N) is 2. The first-order chi connectivity index (χ1) is 18.7. The van der Waals surface area contributed by atoms with E-state index in [1.165, 1.54) is 0 Å². The summed E-state index contributed by atoms with van der Waals surface area (Å²) in [6, 6.07) is 1.91. The lowest BCUT2D eigenvalue weighted by Gasteiger charge is -2.35. The minimum absolute atomic E-state index is 0.722. The summed E-state index contributed by atoms with van der Waals surface area (Å²) >= 11 is 4.89.